The quantitative estimate of drug-likeness (QED) is 0.320. The zero-order chi connectivity index (χ0) is 25.2. The number of amides is 1. The van der Waals surface area contributed by atoms with Crippen molar-refractivity contribution in [2.75, 3.05) is 10.0 Å². The lowest BCUT2D eigenvalue weighted by Gasteiger charge is -2.14. The molecular weight excluding hydrogens is 556 g/mol. The van der Waals surface area contributed by atoms with Crippen LogP contribution in [0.4, 0.5) is 11.4 Å². The average Bonchev–Trinajstić information content (AvgIpc) is 3.29. The predicted octanol–water partition coefficient (Wildman–Crippen LogP) is 6.40. The topological polar surface area (TPSA) is 96.9 Å². The Bertz CT molecular complexity index is 1400. The molecule has 35 heavy (non-hydrogen) atoms. The summed E-state index contributed by atoms with van der Waals surface area (Å²) in [6.45, 7) is 0. The van der Waals surface area contributed by atoms with Gasteiger partial charge in [-0.1, -0.05) is 69.8 Å². The normalized spacial score (nSPS) is 15.5. The number of nitrogens with zero attached hydrogens (tertiary/aromatic N) is 1. The van der Waals surface area contributed by atoms with Crippen molar-refractivity contribution < 1.29 is 18.0 Å². The smallest absolute Gasteiger partial charge is 0.261 e. The number of benzene rings is 3. The van der Waals surface area contributed by atoms with Gasteiger partial charge in [-0.15, -0.1) is 0 Å². The molecule has 1 unspecified atom stereocenters. The van der Waals surface area contributed by atoms with Gasteiger partial charge >= 0.3 is 0 Å². The molecule has 1 heterocycles. The summed E-state index contributed by atoms with van der Waals surface area (Å²) in [5.74, 6) is -0.552. The summed E-state index contributed by atoms with van der Waals surface area (Å²) in [6.07, 6.45) is -0.175. The number of carbonyl (C=O) groups excluding carboxylic acids is 1. The highest BCUT2D eigenvalue weighted by atomic mass is 35.5. The molecule has 4 rings (SSSR count). The van der Waals surface area contributed by atoms with E-state index >= 15 is 0 Å². The molecule has 3 aromatic carbocycles. The summed E-state index contributed by atoms with van der Waals surface area (Å²) in [5, 5.41) is 7.51. The fourth-order valence-electron chi connectivity index (χ4n) is 3.44. The zero-order valence-corrected chi connectivity index (χ0v) is 21.6. The second-order valence-corrected chi connectivity index (χ2v) is 11.1. The number of hydrogen-bond acceptors (Lipinski definition) is 5. The van der Waals surface area contributed by atoms with E-state index in [9.17, 15) is 13.2 Å². The number of alkyl halides is 2. The van der Waals surface area contributed by atoms with Gasteiger partial charge in [-0.25, -0.2) is 8.42 Å². The van der Waals surface area contributed by atoms with E-state index in [1.54, 1.807) is 36.4 Å². The molecule has 0 saturated heterocycles. The first-order valence-electron chi connectivity index (χ1n) is 10.1. The van der Waals surface area contributed by atoms with Crippen LogP contribution in [-0.4, -0.2) is 24.9 Å². The minimum Gasteiger partial charge on any atom is -0.387 e. The highest BCUT2D eigenvalue weighted by Crippen LogP contribution is 2.36. The predicted molar refractivity (Wildman–Crippen MR) is 139 cm³/mol. The van der Waals surface area contributed by atoms with Crippen LogP contribution in [0.25, 0.3) is 0 Å². The molecule has 0 radical (unpaired) electrons. The van der Waals surface area contributed by atoms with Crippen molar-refractivity contribution in [1.82, 2.24) is 0 Å². The third kappa shape index (κ3) is 6.02. The summed E-state index contributed by atoms with van der Waals surface area (Å²) in [6, 6.07) is 17.6. The Balaban J connectivity index is 1.56. The third-order valence-corrected chi connectivity index (χ3v) is 7.41. The summed E-state index contributed by atoms with van der Waals surface area (Å²) in [5.41, 5.74) is 2.35. The molecule has 0 saturated carbocycles. The highest BCUT2D eigenvalue weighted by Gasteiger charge is 2.28. The van der Waals surface area contributed by atoms with Crippen LogP contribution in [0.5, 0.6) is 0 Å². The maximum atomic E-state index is 12.9. The summed E-state index contributed by atoms with van der Waals surface area (Å²) in [7, 11) is -3.91. The Hall–Kier alpha value is -2.49. The zero-order valence-electron chi connectivity index (χ0n) is 17.7. The van der Waals surface area contributed by atoms with Gasteiger partial charge < -0.3 is 10.2 Å². The number of sulfonamides is 1. The van der Waals surface area contributed by atoms with Crippen LogP contribution in [0.2, 0.25) is 10.0 Å². The Kier molecular flexibility index (Phi) is 7.78. The highest BCUT2D eigenvalue weighted by molar-refractivity contribution is 7.92. The number of carbonyl (C=O) groups is 1. The van der Waals surface area contributed by atoms with E-state index < -0.39 is 26.9 Å². The standard InChI is InChI=1S/C23H17Cl4N3O4S/c24-14-7-9-16(10-8-14)35(32,33)30-18-6-2-5-17(25)21(18)19-12-20(34-29-19)13-3-1-4-15(11-13)28-23(31)22(26)27/h1-11,20,22,30H,12H2,(H,28,31). The van der Waals surface area contributed by atoms with Gasteiger partial charge in [0.15, 0.2) is 10.9 Å². The van der Waals surface area contributed by atoms with Gasteiger partial charge in [0.2, 0.25) is 0 Å². The minimum absolute atomic E-state index is 0.0466. The SMILES string of the molecule is O=C(Nc1cccc(C2CC(c3c(Cl)cccc3NS(=O)(=O)c3ccc(Cl)cc3)=NO2)c1)C(Cl)Cl. The van der Waals surface area contributed by atoms with Crippen molar-refractivity contribution >= 4 is 79.4 Å². The molecule has 0 fully saturated rings. The van der Waals surface area contributed by atoms with Gasteiger partial charge in [-0.3, -0.25) is 9.52 Å². The number of anilines is 2. The lowest BCUT2D eigenvalue weighted by molar-refractivity contribution is -0.114. The van der Waals surface area contributed by atoms with Crippen molar-refractivity contribution in [3.8, 4) is 0 Å². The maximum absolute atomic E-state index is 12.9. The molecule has 1 aliphatic heterocycles. The number of hydrogen-bond donors (Lipinski definition) is 2. The molecule has 0 aromatic heterocycles. The molecule has 0 spiro atoms. The lowest BCUT2D eigenvalue weighted by Crippen LogP contribution is -2.18. The second kappa shape index (κ2) is 10.6. The van der Waals surface area contributed by atoms with Crippen LogP contribution in [-0.2, 0) is 19.7 Å². The molecule has 1 atom stereocenters. The molecule has 12 heteroatoms. The van der Waals surface area contributed by atoms with Crippen LogP contribution in [0, 0.1) is 0 Å². The number of oxime groups is 1. The second-order valence-electron chi connectivity index (χ2n) is 7.47. The number of halogens is 4. The first-order chi connectivity index (χ1) is 16.6. The van der Waals surface area contributed by atoms with Gasteiger partial charge in [-0.2, -0.15) is 0 Å². The van der Waals surface area contributed by atoms with Gasteiger partial charge in [0.25, 0.3) is 15.9 Å². The molecule has 2 N–H and O–H groups in total. The number of nitrogens with one attached hydrogen (secondary N) is 2. The van der Waals surface area contributed by atoms with Crippen molar-refractivity contribution in [2.45, 2.75) is 22.3 Å². The molecule has 3 aromatic rings. The van der Waals surface area contributed by atoms with Crippen molar-refractivity contribution in [3.63, 3.8) is 0 Å². The number of rotatable bonds is 7. The van der Waals surface area contributed by atoms with Crippen molar-refractivity contribution in [2.24, 2.45) is 5.16 Å². The van der Waals surface area contributed by atoms with E-state index in [2.05, 4.69) is 15.2 Å². The maximum Gasteiger partial charge on any atom is 0.261 e. The molecule has 182 valence electrons. The summed E-state index contributed by atoms with van der Waals surface area (Å²) < 4.78 is 28.4. The molecule has 1 amide bonds. The lowest BCUT2D eigenvalue weighted by atomic mass is 9.99. The van der Waals surface area contributed by atoms with E-state index in [1.165, 1.54) is 24.3 Å². The first kappa shape index (κ1) is 25.6. The van der Waals surface area contributed by atoms with Crippen LogP contribution in [0.3, 0.4) is 0 Å². The molecule has 1 aliphatic rings. The largest absolute Gasteiger partial charge is 0.387 e. The van der Waals surface area contributed by atoms with E-state index in [-0.39, 0.29) is 10.6 Å². The Morgan fingerprint density at radius 2 is 1.74 bits per heavy atom. The van der Waals surface area contributed by atoms with E-state index in [0.717, 1.165) is 5.56 Å². The summed E-state index contributed by atoms with van der Waals surface area (Å²) in [4.78, 5) is 16.3. The van der Waals surface area contributed by atoms with Crippen LogP contribution in [0.15, 0.2) is 76.8 Å². The molecule has 0 aliphatic carbocycles. The summed E-state index contributed by atoms with van der Waals surface area (Å²) >= 11 is 23.5. The minimum atomic E-state index is -3.91. The van der Waals surface area contributed by atoms with Crippen LogP contribution < -0.4 is 10.0 Å². The van der Waals surface area contributed by atoms with Crippen molar-refractivity contribution in [1.29, 1.82) is 0 Å². The van der Waals surface area contributed by atoms with E-state index in [4.69, 9.17) is 51.2 Å². The average molecular weight is 573 g/mol. The first-order valence-corrected chi connectivity index (χ1v) is 13.2. The van der Waals surface area contributed by atoms with Crippen LogP contribution >= 0.6 is 46.4 Å². The molecular formula is C23H17Cl4N3O4S. The Labute approximate surface area is 222 Å². The fraction of sp³-hybridized carbons (Fsp3) is 0.130. The van der Waals surface area contributed by atoms with E-state index in [0.29, 0.717) is 33.4 Å². The van der Waals surface area contributed by atoms with Crippen LogP contribution in [0.1, 0.15) is 23.7 Å². The van der Waals surface area contributed by atoms with Gasteiger partial charge in [0.1, 0.15) is 0 Å². The Morgan fingerprint density at radius 3 is 2.46 bits per heavy atom. The van der Waals surface area contributed by atoms with Gasteiger partial charge in [-0.05, 0) is 54.1 Å². The van der Waals surface area contributed by atoms with Crippen molar-refractivity contribution in [3.05, 3.63) is 87.9 Å². The molecule has 7 nitrogen and oxygen atoms in total. The fourth-order valence-corrected chi connectivity index (χ4v) is 5.03. The van der Waals surface area contributed by atoms with E-state index in [1.807, 2.05) is 6.07 Å². The third-order valence-electron chi connectivity index (χ3n) is 5.06. The monoisotopic (exact) mass is 571 g/mol. The Morgan fingerprint density at radius 1 is 1.03 bits per heavy atom. The van der Waals surface area contributed by atoms with Gasteiger partial charge in [0.05, 0.1) is 21.3 Å². The van der Waals surface area contributed by atoms with Gasteiger partial charge in [0, 0.05) is 22.7 Å². The molecule has 0 bridgehead atoms.